The Morgan fingerprint density at radius 3 is 2.43 bits per heavy atom. The van der Waals surface area contributed by atoms with Gasteiger partial charge in [0.05, 0.1) is 16.7 Å². The standard InChI is InChI=1S/C15H10Br3ClN2/c16-9-2-4-13(11(18)7-9)21-14-8-10(17)1-3-12(14)20-15(21)5-6-19/h1-4,7-8H,5-6H2. The molecule has 3 aromatic rings. The predicted octanol–water partition coefficient (Wildman–Crippen LogP) is 6.09. The zero-order valence-electron chi connectivity index (χ0n) is 10.8. The number of fused-ring (bicyclic) bond motifs is 1. The fourth-order valence-electron chi connectivity index (χ4n) is 2.28. The maximum absolute atomic E-state index is 5.94. The van der Waals surface area contributed by atoms with E-state index in [2.05, 4.69) is 64.5 Å². The summed E-state index contributed by atoms with van der Waals surface area (Å²) in [5, 5.41) is 0. The van der Waals surface area contributed by atoms with Crippen molar-refractivity contribution in [2.75, 3.05) is 5.88 Å². The average molecular weight is 493 g/mol. The summed E-state index contributed by atoms with van der Waals surface area (Å²) in [6.07, 6.45) is 0.719. The first-order chi connectivity index (χ1) is 10.1. The van der Waals surface area contributed by atoms with Gasteiger partial charge in [-0.05, 0) is 52.3 Å². The fourth-order valence-corrected chi connectivity index (χ4v) is 4.02. The second-order valence-corrected chi connectivity index (χ2v) is 7.59. The Morgan fingerprint density at radius 2 is 1.71 bits per heavy atom. The van der Waals surface area contributed by atoms with Crippen LogP contribution in [-0.4, -0.2) is 15.4 Å². The van der Waals surface area contributed by atoms with Gasteiger partial charge in [0.25, 0.3) is 0 Å². The minimum Gasteiger partial charge on any atom is -0.295 e. The molecule has 0 spiro atoms. The first-order valence-corrected chi connectivity index (χ1v) is 9.20. The Hall–Kier alpha value is -0.360. The van der Waals surface area contributed by atoms with E-state index in [1.165, 1.54) is 0 Å². The third-order valence-electron chi connectivity index (χ3n) is 3.15. The summed E-state index contributed by atoms with van der Waals surface area (Å²) in [6, 6.07) is 12.2. The lowest BCUT2D eigenvalue weighted by molar-refractivity contribution is 0.909. The highest BCUT2D eigenvalue weighted by molar-refractivity contribution is 9.11. The lowest BCUT2D eigenvalue weighted by Gasteiger charge is -2.11. The van der Waals surface area contributed by atoms with Gasteiger partial charge in [0, 0.05) is 25.7 Å². The molecule has 0 fully saturated rings. The number of hydrogen-bond acceptors (Lipinski definition) is 1. The Morgan fingerprint density at radius 1 is 1.00 bits per heavy atom. The molecule has 0 N–H and O–H groups in total. The quantitative estimate of drug-likeness (QED) is 0.404. The molecule has 1 aromatic heterocycles. The maximum atomic E-state index is 5.94. The van der Waals surface area contributed by atoms with Crippen molar-refractivity contribution in [3.05, 3.63) is 55.6 Å². The van der Waals surface area contributed by atoms with Gasteiger partial charge in [-0.25, -0.2) is 4.98 Å². The normalized spacial score (nSPS) is 11.2. The molecule has 0 radical (unpaired) electrons. The van der Waals surface area contributed by atoms with Crippen molar-refractivity contribution in [3.8, 4) is 5.69 Å². The lowest BCUT2D eigenvalue weighted by Crippen LogP contribution is -2.03. The summed E-state index contributed by atoms with van der Waals surface area (Å²) < 4.78 is 5.22. The van der Waals surface area contributed by atoms with Crippen molar-refractivity contribution < 1.29 is 0 Å². The molecule has 3 rings (SSSR count). The molecule has 0 saturated heterocycles. The topological polar surface area (TPSA) is 17.8 Å². The second kappa shape index (κ2) is 6.41. The van der Waals surface area contributed by atoms with E-state index in [0.29, 0.717) is 5.88 Å². The predicted molar refractivity (Wildman–Crippen MR) is 98.6 cm³/mol. The Kier molecular flexibility index (Phi) is 4.74. The number of rotatable bonds is 3. The van der Waals surface area contributed by atoms with Crippen molar-refractivity contribution in [2.45, 2.75) is 6.42 Å². The third-order valence-corrected chi connectivity index (χ3v) is 4.97. The van der Waals surface area contributed by atoms with E-state index in [1.54, 1.807) is 0 Å². The van der Waals surface area contributed by atoms with Gasteiger partial charge >= 0.3 is 0 Å². The number of alkyl halides is 1. The van der Waals surface area contributed by atoms with E-state index in [9.17, 15) is 0 Å². The number of hydrogen-bond donors (Lipinski definition) is 0. The highest BCUT2D eigenvalue weighted by Crippen LogP contribution is 2.31. The molecule has 0 unspecified atom stereocenters. The monoisotopic (exact) mass is 490 g/mol. The molecule has 0 atom stereocenters. The zero-order chi connectivity index (χ0) is 15.0. The summed E-state index contributed by atoms with van der Waals surface area (Å²) in [7, 11) is 0. The average Bonchev–Trinajstić information content (AvgIpc) is 2.77. The van der Waals surface area contributed by atoms with Crippen LogP contribution in [0.25, 0.3) is 16.7 Å². The molecule has 0 aliphatic heterocycles. The van der Waals surface area contributed by atoms with Crippen LogP contribution in [0.15, 0.2) is 49.8 Å². The van der Waals surface area contributed by atoms with Crippen LogP contribution in [0, 0.1) is 0 Å². The molecule has 108 valence electrons. The molecule has 2 nitrogen and oxygen atoms in total. The Bertz CT molecular complexity index is 814. The van der Waals surface area contributed by atoms with E-state index in [0.717, 1.165) is 42.4 Å². The van der Waals surface area contributed by atoms with E-state index < -0.39 is 0 Å². The second-order valence-electron chi connectivity index (χ2n) is 4.53. The van der Waals surface area contributed by atoms with Crippen LogP contribution < -0.4 is 0 Å². The van der Waals surface area contributed by atoms with Gasteiger partial charge in [-0.2, -0.15) is 0 Å². The molecule has 0 aliphatic carbocycles. The summed E-state index contributed by atoms with van der Waals surface area (Å²) in [6.45, 7) is 0. The fraction of sp³-hybridized carbons (Fsp3) is 0.133. The molecule has 1 heterocycles. The number of halogens is 4. The molecule has 2 aromatic carbocycles. The van der Waals surface area contributed by atoms with Crippen LogP contribution in [0.1, 0.15) is 5.82 Å². The van der Waals surface area contributed by atoms with Crippen LogP contribution in [-0.2, 0) is 6.42 Å². The zero-order valence-corrected chi connectivity index (χ0v) is 16.3. The third kappa shape index (κ3) is 3.07. The van der Waals surface area contributed by atoms with Crippen LogP contribution in [0.3, 0.4) is 0 Å². The first kappa shape index (κ1) is 15.5. The number of imidazole rings is 1. The molecule has 6 heteroatoms. The van der Waals surface area contributed by atoms with Crippen molar-refractivity contribution >= 4 is 70.4 Å². The van der Waals surface area contributed by atoms with Crippen LogP contribution in [0.4, 0.5) is 0 Å². The highest BCUT2D eigenvalue weighted by atomic mass is 79.9. The molecule has 0 amide bonds. The van der Waals surface area contributed by atoms with E-state index in [1.807, 2.05) is 24.3 Å². The van der Waals surface area contributed by atoms with Crippen LogP contribution in [0.2, 0.25) is 0 Å². The lowest BCUT2D eigenvalue weighted by atomic mass is 10.2. The van der Waals surface area contributed by atoms with E-state index in [-0.39, 0.29) is 0 Å². The summed E-state index contributed by atoms with van der Waals surface area (Å²) >= 11 is 16.6. The number of benzene rings is 2. The first-order valence-electron chi connectivity index (χ1n) is 6.28. The van der Waals surface area contributed by atoms with Gasteiger partial charge in [-0.1, -0.05) is 31.9 Å². The van der Waals surface area contributed by atoms with Gasteiger partial charge in [0.2, 0.25) is 0 Å². The molecular weight excluding hydrogens is 483 g/mol. The Labute approximate surface area is 152 Å². The summed E-state index contributed by atoms with van der Waals surface area (Å²) in [4.78, 5) is 4.71. The largest absolute Gasteiger partial charge is 0.295 e. The van der Waals surface area contributed by atoms with Gasteiger partial charge in [-0.3, -0.25) is 4.57 Å². The van der Waals surface area contributed by atoms with Gasteiger partial charge in [0.15, 0.2) is 0 Å². The molecule has 0 saturated carbocycles. The van der Waals surface area contributed by atoms with E-state index in [4.69, 9.17) is 16.6 Å². The SMILES string of the molecule is ClCCc1nc2ccc(Br)cc2n1-c1ccc(Br)cc1Br. The minimum absolute atomic E-state index is 0.540. The Balaban J connectivity index is 2.32. The van der Waals surface area contributed by atoms with Crippen molar-refractivity contribution in [1.82, 2.24) is 9.55 Å². The maximum Gasteiger partial charge on any atom is 0.115 e. The van der Waals surface area contributed by atoms with Gasteiger partial charge in [0.1, 0.15) is 5.82 Å². The van der Waals surface area contributed by atoms with Crippen molar-refractivity contribution in [2.24, 2.45) is 0 Å². The minimum atomic E-state index is 0.540. The number of aryl methyl sites for hydroxylation is 1. The molecular formula is C15H10Br3ClN2. The van der Waals surface area contributed by atoms with Gasteiger partial charge in [-0.15, -0.1) is 11.6 Å². The van der Waals surface area contributed by atoms with E-state index >= 15 is 0 Å². The van der Waals surface area contributed by atoms with Crippen LogP contribution >= 0.6 is 59.4 Å². The summed E-state index contributed by atoms with van der Waals surface area (Å²) in [5.41, 5.74) is 3.08. The van der Waals surface area contributed by atoms with Crippen molar-refractivity contribution in [1.29, 1.82) is 0 Å². The van der Waals surface area contributed by atoms with Crippen molar-refractivity contribution in [3.63, 3.8) is 0 Å². The van der Waals surface area contributed by atoms with Gasteiger partial charge < -0.3 is 0 Å². The molecule has 0 aliphatic rings. The number of aromatic nitrogens is 2. The summed E-state index contributed by atoms with van der Waals surface area (Å²) in [5.74, 6) is 1.50. The highest BCUT2D eigenvalue weighted by Gasteiger charge is 2.14. The number of nitrogens with zero attached hydrogens (tertiary/aromatic N) is 2. The molecule has 0 bridgehead atoms. The smallest absolute Gasteiger partial charge is 0.115 e. The van der Waals surface area contributed by atoms with Crippen LogP contribution in [0.5, 0.6) is 0 Å². The molecule has 21 heavy (non-hydrogen) atoms.